The Balaban J connectivity index is 1.62. The fraction of sp³-hybridized carbons (Fsp3) is 0.438. The van der Waals surface area contributed by atoms with Crippen LogP contribution in [-0.2, 0) is 39.5 Å². The number of carbonyl (C=O) groups excluding carboxylic acids is 2. The SMILES string of the molecule is CCOC(=O)Cc1csc(NC(=O)Cn2nc3c(cc2=O)CSCC3)n1. The smallest absolute Gasteiger partial charge is 0.311 e. The predicted molar refractivity (Wildman–Crippen MR) is 99.4 cm³/mol. The minimum absolute atomic E-state index is 0.0596. The Kier molecular flexibility index (Phi) is 6.04. The zero-order chi connectivity index (χ0) is 18.5. The van der Waals surface area contributed by atoms with Gasteiger partial charge in [0.2, 0.25) is 5.91 Å². The lowest BCUT2D eigenvalue weighted by Crippen LogP contribution is -2.31. The molecule has 0 unspecified atom stereocenters. The Morgan fingerprint density at radius 2 is 2.27 bits per heavy atom. The summed E-state index contributed by atoms with van der Waals surface area (Å²) in [5, 5.41) is 9.01. The van der Waals surface area contributed by atoms with Crippen molar-refractivity contribution < 1.29 is 14.3 Å². The standard InChI is InChI=1S/C16H18N4O4S2/c1-2-24-15(23)6-11-9-26-16(17-11)18-13(21)7-20-14(22)5-10-8-25-4-3-12(10)19-20/h5,9H,2-4,6-8H2,1H3,(H,17,18,21). The topological polar surface area (TPSA) is 103 Å². The molecule has 0 bridgehead atoms. The predicted octanol–water partition coefficient (Wildman–Crippen LogP) is 1.23. The van der Waals surface area contributed by atoms with Crippen LogP contribution in [0.2, 0.25) is 0 Å². The van der Waals surface area contributed by atoms with Gasteiger partial charge in [0.1, 0.15) is 6.54 Å². The van der Waals surface area contributed by atoms with Gasteiger partial charge in [-0.2, -0.15) is 16.9 Å². The van der Waals surface area contributed by atoms with Gasteiger partial charge in [-0.05, 0) is 18.2 Å². The van der Waals surface area contributed by atoms with Crippen LogP contribution >= 0.6 is 23.1 Å². The molecule has 0 aromatic carbocycles. The van der Waals surface area contributed by atoms with E-state index >= 15 is 0 Å². The Hall–Kier alpha value is -2.20. The maximum Gasteiger partial charge on any atom is 0.311 e. The molecule has 0 aliphatic carbocycles. The van der Waals surface area contributed by atoms with Crippen molar-refractivity contribution >= 4 is 40.1 Å². The lowest BCUT2D eigenvalue weighted by molar-refractivity contribution is -0.142. The first-order valence-corrected chi connectivity index (χ1v) is 10.2. The lowest BCUT2D eigenvalue weighted by Gasteiger charge is -2.15. The molecule has 1 amide bonds. The van der Waals surface area contributed by atoms with Gasteiger partial charge in [-0.1, -0.05) is 0 Å². The van der Waals surface area contributed by atoms with Crippen LogP contribution in [0.5, 0.6) is 0 Å². The second-order valence-electron chi connectivity index (χ2n) is 5.59. The van der Waals surface area contributed by atoms with E-state index in [4.69, 9.17) is 4.74 Å². The zero-order valence-electron chi connectivity index (χ0n) is 14.2. The van der Waals surface area contributed by atoms with Gasteiger partial charge in [0.25, 0.3) is 5.56 Å². The fourth-order valence-corrected chi connectivity index (χ4v) is 4.14. The van der Waals surface area contributed by atoms with Gasteiger partial charge in [0.05, 0.1) is 24.4 Å². The number of thioether (sulfide) groups is 1. The third kappa shape index (κ3) is 4.70. The van der Waals surface area contributed by atoms with E-state index in [1.165, 1.54) is 16.0 Å². The number of hydrogen-bond acceptors (Lipinski definition) is 8. The number of aromatic nitrogens is 3. The van der Waals surface area contributed by atoms with Gasteiger partial charge in [-0.3, -0.25) is 14.4 Å². The molecule has 1 N–H and O–H groups in total. The lowest BCUT2D eigenvalue weighted by atomic mass is 10.2. The highest BCUT2D eigenvalue weighted by Gasteiger charge is 2.16. The summed E-state index contributed by atoms with van der Waals surface area (Å²) >= 11 is 2.98. The van der Waals surface area contributed by atoms with Crippen molar-refractivity contribution in [1.82, 2.24) is 14.8 Å². The first kappa shape index (κ1) is 18.6. The van der Waals surface area contributed by atoms with Gasteiger partial charge in [0, 0.05) is 23.6 Å². The van der Waals surface area contributed by atoms with E-state index in [1.807, 2.05) is 0 Å². The van der Waals surface area contributed by atoms with Gasteiger partial charge in [-0.25, -0.2) is 9.67 Å². The number of esters is 1. The Labute approximate surface area is 158 Å². The number of nitrogens with zero attached hydrogens (tertiary/aromatic N) is 3. The molecule has 1 aliphatic rings. The molecule has 2 aromatic rings. The summed E-state index contributed by atoms with van der Waals surface area (Å²) in [7, 11) is 0. The van der Waals surface area contributed by atoms with Gasteiger partial charge >= 0.3 is 5.97 Å². The van der Waals surface area contributed by atoms with E-state index in [1.54, 1.807) is 30.1 Å². The quantitative estimate of drug-likeness (QED) is 0.735. The summed E-state index contributed by atoms with van der Waals surface area (Å²) < 4.78 is 6.04. The highest BCUT2D eigenvalue weighted by Crippen LogP contribution is 2.21. The second kappa shape index (κ2) is 8.45. The van der Waals surface area contributed by atoms with Crippen LogP contribution < -0.4 is 10.9 Å². The molecule has 0 saturated carbocycles. The van der Waals surface area contributed by atoms with E-state index in [0.29, 0.717) is 17.4 Å². The first-order valence-electron chi connectivity index (χ1n) is 8.12. The molecular weight excluding hydrogens is 376 g/mol. The molecule has 2 aromatic heterocycles. The molecule has 8 nitrogen and oxygen atoms in total. The van der Waals surface area contributed by atoms with Crippen LogP contribution in [0.25, 0.3) is 0 Å². The summed E-state index contributed by atoms with van der Waals surface area (Å²) in [6.07, 6.45) is 0.857. The number of nitrogens with one attached hydrogen (secondary N) is 1. The Bertz CT molecular complexity index is 877. The van der Waals surface area contributed by atoms with Crippen molar-refractivity contribution in [3.05, 3.63) is 38.8 Å². The van der Waals surface area contributed by atoms with Crippen molar-refractivity contribution in [1.29, 1.82) is 0 Å². The number of aryl methyl sites for hydroxylation is 1. The van der Waals surface area contributed by atoms with Crippen molar-refractivity contribution in [2.24, 2.45) is 0 Å². The van der Waals surface area contributed by atoms with Crippen molar-refractivity contribution in [2.75, 3.05) is 17.7 Å². The van der Waals surface area contributed by atoms with E-state index < -0.39 is 0 Å². The largest absolute Gasteiger partial charge is 0.466 e. The average molecular weight is 394 g/mol. The molecular formula is C16H18N4O4S2. The van der Waals surface area contributed by atoms with Crippen LogP contribution in [0.15, 0.2) is 16.2 Å². The number of carbonyl (C=O) groups is 2. The average Bonchev–Trinajstić information content (AvgIpc) is 3.02. The van der Waals surface area contributed by atoms with Crippen LogP contribution in [0, 0.1) is 0 Å². The van der Waals surface area contributed by atoms with Gasteiger partial charge in [-0.15, -0.1) is 11.3 Å². The first-order chi connectivity index (χ1) is 12.5. The van der Waals surface area contributed by atoms with Crippen molar-refractivity contribution in [3.8, 4) is 0 Å². The Morgan fingerprint density at radius 1 is 1.42 bits per heavy atom. The van der Waals surface area contributed by atoms with E-state index in [9.17, 15) is 14.4 Å². The minimum Gasteiger partial charge on any atom is -0.466 e. The highest BCUT2D eigenvalue weighted by molar-refractivity contribution is 7.98. The fourth-order valence-electron chi connectivity index (χ4n) is 2.47. The number of rotatable bonds is 6. The number of anilines is 1. The summed E-state index contributed by atoms with van der Waals surface area (Å²) in [6, 6.07) is 1.56. The van der Waals surface area contributed by atoms with E-state index in [2.05, 4.69) is 15.4 Å². The Morgan fingerprint density at radius 3 is 3.08 bits per heavy atom. The van der Waals surface area contributed by atoms with E-state index in [-0.39, 0.29) is 30.4 Å². The zero-order valence-corrected chi connectivity index (χ0v) is 15.8. The van der Waals surface area contributed by atoms with Crippen molar-refractivity contribution in [2.45, 2.75) is 32.1 Å². The molecule has 26 heavy (non-hydrogen) atoms. The second-order valence-corrected chi connectivity index (χ2v) is 7.55. The number of thiazole rings is 1. The van der Waals surface area contributed by atoms with Crippen LogP contribution in [0.3, 0.4) is 0 Å². The minimum atomic E-state index is -0.387. The van der Waals surface area contributed by atoms with E-state index in [0.717, 1.165) is 29.2 Å². The number of ether oxygens (including phenoxy) is 1. The molecule has 3 rings (SSSR count). The van der Waals surface area contributed by atoms with Crippen LogP contribution in [0.1, 0.15) is 23.9 Å². The summed E-state index contributed by atoms with van der Waals surface area (Å²) in [5.74, 6) is 1.00. The number of hydrogen-bond donors (Lipinski definition) is 1. The maximum absolute atomic E-state index is 12.2. The third-order valence-electron chi connectivity index (χ3n) is 3.63. The molecule has 10 heteroatoms. The summed E-state index contributed by atoms with van der Waals surface area (Å²) in [5.41, 5.74) is 2.07. The molecule has 1 aliphatic heterocycles. The normalized spacial score (nSPS) is 13.1. The summed E-state index contributed by atoms with van der Waals surface area (Å²) in [6.45, 7) is 1.87. The molecule has 0 radical (unpaired) electrons. The number of fused-ring (bicyclic) bond motifs is 1. The maximum atomic E-state index is 12.2. The third-order valence-corrected chi connectivity index (χ3v) is 5.44. The number of amides is 1. The molecule has 3 heterocycles. The van der Waals surface area contributed by atoms with Crippen LogP contribution in [0.4, 0.5) is 5.13 Å². The molecule has 0 saturated heterocycles. The molecule has 0 atom stereocenters. The highest BCUT2D eigenvalue weighted by atomic mass is 32.2. The molecule has 138 valence electrons. The summed E-state index contributed by atoms with van der Waals surface area (Å²) in [4.78, 5) is 39.9. The molecule has 0 spiro atoms. The monoisotopic (exact) mass is 394 g/mol. The van der Waals surface area contributed by atoms with Gasteiger partial charge < -0.3 is 10.1 Å². The van der Waals surface area contributed by atoms with Crippen LogP contribution in [-0.4, -0.2) is 39.0 Å². The van der Waals surface area contributed by atoms with Crippen molar-refractivity contribution in [3.63, 3.8) is 0 Å². The van der Waals surface area contributed by atoms with Gasteiger partial charge in [0.15, 0.2) is 5.13 Å². The molecule has 0 fully saturated rings.